The predicted molar refractivity (Wildman–Crippen MR) is 90.4 cm³/mol. The highest BCUT2D eigenvalue weighted by Gasteiger charge is 2.09. The van der Waals surface area contributed by atoms with Crippen LogP contribution in [0.25, 0.3) is 0 Å². The van der Waals surface area contributed by atoms with Crippen molar-refractivity contribution in [1.82, 2.24) is 5.32 Å². The molecule has 0 bridgehead atoms. The number of rotatable bonds is 5. The SMILES string of the molecule is CCNC(C)c1ccc(Oc2ccc(Br)cc2)cc1Br. The number of ether oxygens (including phenoxy) is 1. The smallest absolute Gasteiger partial charge is 0.128 e. The molecule has 0 heterocycles. The van der Waals surface area contributed by atoms with E-state index in [0.717, 1.165) is 27.0 Å². The van der Waals surface area contributed by atoms with Crippen LogP contribution in [0, 0.1) is 0 Å². The Labute approximate surface area is 136 Å². The Hall–Kier alpha value is -0.840. The fourth-order valence-corrected chi connectivity index (χ4v) is 2.94. The molecular formula is C16H17Br2NO. The van der Waals surface area contributed by atoms with E-state index in [2.05, 4.69) is 57.1 Å². The quantitative estimate of drug-likeness (QED) is 0.699. The van der Waals surface area contributed by atoms with Gasteiger partial charge in [-0.3, -0.25) is 0 Å². The van der Waals surface area contributed by atoms with E-state index in [1.807, 2.05) is 36.4 Å². The van der Waals surface area contributed by atoms with Crippen LogP contribution in [0.3, 0.4) is 0 Å². The molecular weight excluding hydrogens is 382 g/mol. The van der Waals surface area contributed by atoms with Gasteiger partial charge in [-0.2, -0.15) is 0 Å². The molecule has 2 aromatic rings. The summed E-state index contributed by atoms with van der Waals surface area (Å²) in [6.07, 6.45) is 0. The summed E-state index contributed by atoms with van der Waals surface area (Å²) in [5, 5.41) is 3.40. The van der Waals surface area contributed by atoms with Crippen LogP contribution in [0.4, 0.5) is 0 Å². The van der Waals surface area contributed by atoms with Crippen molar-refractivity contribution in [3.63, 3.8) is 0 Å². The van der Waals surface area contributed by atoms with Crippen LogP contribution in [0.5, 0.6) is 11.5 Å². The lowest BCUT2D eigenvalue weighted by Gasteiger charge is -2.15. The highest BCUT2D eigenvalue weighted by molar-refractivity contribution is 9.10. The summed E-state index contributed by atoms with van der Waals surface area (Å²) in [6.45, 7) is 5.21. The van der Waals surface area contributed by atoms with Crippen molar-refractivity contribution in [3.05, 3.63) is 57.0 Å². The molecule has 2 nitrogen and oxygen atoms in total. The predicted octanol–water partition coefficient (Wildman–Crippen LogP) is 5.67. The minimum absolute atomic E-state index is 0.316. The van der Waals surface area contributed by atoms with Gasteiger partial charge in [-0.25, -0.2) is 0 Å². The lowest BCUT2D eigenvalue weighted by atomic mass is 10.1. The number of hydrogen-bond acceptors (Lipinski definition) is 2. The van der Waals surface area contributed by atoms with Crippen molar-refractivity contribution in [2.24, 2.45) is 0 Å². The minimum atomic E-state index is 0.316. The maximum atomic E-state index is 5.84. The highest BCUT2D eigenvalue weighted by atomic mass is 79.9. The summed E-state index contributed by atoms with van der Waals surface area (Å²) in [5.41, 5.74) is 1.23. The molecule has 0 fully saturated rings. The summed E-state index contributed by atoms with van der Waals surface area (Å²) in [5.74, 6) is 1.65. The van der Waals surface area contributed by atoms with Gasteiger partial charge in [0.25, 0.3) is 0 Å². The molecule has 4 heteroatoms. The van der Waals surface area contributed by atoms with Crippen molar-refractivity contribution >= 4 is 31.9 Å². The Balaban J connectivity index is 2.14. The first-order valence-corrected chi connectivity index (χ1v) is 8.15. The van der Waals surface area contributed by atoms with E-state index in [-0.39, 0.29) is 0 Å². The number of nitrogens with one attached hydrogen (secondary N) is 1. The second kappa shape index (κ2) is 7.25. The lowest BCUT2D eigenvalue weighted by molar-refractivity contribution is 0.481. The van der Waals surface area contributed by atoms with Gasteiger partial charge in [-0.1, -0.05) is 44.8 Å². The van der Waals surface area contributed by atoms with E-state index < -0.39 is 0 Å². The van der Waals surface area contributed by atoms with Gasteiger partial charge in [0.2, 0.25) is 0 Å². The molecule has 0 radical (unpaired) electrons. The molecule has 2 rings (SSSR count). The van der Waals surface area contributed by atoms with Crippen molar-refractivity contribution in [1.29, 1.82) is 0 Å². The first kappa shape index (κ1) is 15.5. The first-order valence-electron chi connectivity index (χ1n) is 6.56. The highest BCUT2D eigenvalue weighted by Crippen LogP contribution is 2.30. The Bertz CT molecular complexity index is 569. The van der Waals surface area contributed by atoms with Crippen LogP contribution in [0.1, 0.15) is 25.5 Å². The number of hydrogen-bond donors (Lipinski definition) is 1. The topological polar surface area (TPSA) is 21.3 Å². The fraction of sp³-hybridized carbons (Fsp3) is 0.250. The largest absolute Gasteiger partial charge is 0.457 e. The zero-order chi connectivity index (χ0) is 14.5. The average molecular weight is 399 g/mol. The maximum Gasteiger partial charge on any atom is 0.128 e. The second-order valence-electron chi connectivity index (χ2n) is 4.52. The zero-order valence-corrected chi connectivity index (χ0v) is 14.7. The van der Waals surface area contributed by atoms with Gasteiger partial charge in [-0.05, 0) is 55.4 Å². The Kier molecular flexibility index (Phi) is 5.64. The van der Waals surface area contributed by atoms with Gasteiger partial charge in [0.1, 0.15) is 11.5 Å². The summed E-state index contributed by atoms with van der Waals surface area (Å²) in [6, 6.07) is 14.2. The molecule has 0 amide bonds. The minimum Gasteiger partial charge on any atom is -0.457 e. The summed E-state index contributed by atoms with van der Waals surface area (Å²) >= 11 is 7.03. The maximum absolute atomic E-state index is 5.84. The third-order valence-electron chi connectivity index (χ3n) is 3.00. The molecule has 0 aliphatic carbocycles. The molecule has 1 N–H and O–H groups in total. The Morgan fingerprint density at radius 2 is 1.70 bits per heavy atom. The molecule has 1 atom stereocenters. The van der Waals surface area contributed by atoms with Crippen LogP contribution in [0.15, 0.2) is 51.4 Å². The standard InChI is InChI=1S/C16H17Br2NO/c1-3-19-11(2)15-9-8-14(10-16(15)18)20-13-6-4-12(17)5-7-13/h4-11,19H,3H2,1-2H3. The van der Waals surface area contributed by atoms with Crippen LogP contribution in [-0.4, -0.2) is 6.54 Å². The van der Waals surface area contributed by atoms with Crippen LogP contribution >= 0.6 is 31.9 Å². The van der Waals surface area contributed by atoms with Gasteiger partial charge < -0.3 is 10.1 Å². The van der Waals surface area contributed by atoms with Crippen LogP contribution in [0.2, 0.25) is 0 Å². The molecule has 20 heavy (non-hydrogen) atoms. The molecule has 0 spiro atoms. The third-order valence-corrected chi connectivity index (χ3v) is 4.21. The number of benzene rings is 2. The van der Waals surface area contributed by atoms with E-state index in [1.165, 1.54) is 5.56 Å². The normalized spacial score (nSPS) is 12.2. The van der Waals surface area contributed by atoms with Crippen molar-refractivity contribution in [2.45, 2.75) is 19.9 Å². The van der Waals surface area contributed by atoms with E-state index in [1.54, 1.807) is 0 Å². The van der Waals surface area contributed by atoms with Crippen molar-refractivity contribution < 1.29 is 4.74 Å². The zero-order valence-electron chi connectivity index (χ0n) is 11.5. The van der Waals surface area contributed by atoms with Gasteiger partial charge >= 0.3 is 0 Å². The molecule has 106 valence electrons. The first-order chi connectivity index (χ1) is 9.60. The van der Waals surface area contributed by atoms with Crippen molar-refractivity contribution in [2.75, 3.05) is 6.54 Å². The molecule has 2 aromatic carbocycles. The average Bonchev–Trinajstić information content (AvgIpc) is 2.42. The molecule has 0 saturated carbocycles. The molecule has 0 aliphatic heterocycles. The molecule has 0 saturated heterocycles. The van der Waals surface area contributed by atoms with Crippen molar-refractivity contribution in [3.8, 4) is 11.5 Å². The van der Waals surface area contributed by atoms with E-state index >= 15 is 0 Å². The van der Waals surface area contributed by atoms with Crippen LogP contribution < -0.4 is 10.1 Å². The fourth-order valence-electron chi connectivity index (χ4n) is 1.98. The number of halogens is 2. The lowest BCUT2D eigenvalue weighted by Crippen LogP contribution is -2.17. The third kappa shape index (κ3) is 4.08. The summed E-state index contributed by atoms with van der Waals surface area (Å²) in [7, 11) is 0. The molecule has 0 aliphatic rings. The Morgan fingerprint density at radius 3 is 2.30 bits per heavy atom. The van der Waals surface area contributed by atoms with E-state index in [4.69, 9.17) is 4.74 Å². The van der Waals surface area contributed by atoms with E-state index in [0.29, 0.717) is 6.04 Å². The summed E-state index contributed by atoms with van der Waals surface area (Å²) in [4.78, 5) is 0. The van der Waals surface area contributed by atoms with Gasteiger partial charge in [-0.15, -0.1) is 0 Å². The summed E-state index contributed by atoms with van der Waals surface area (Å²) < 4.78 is 7.94. The second-order valence-corrected chi connectivity index (χ2v) is 6.29. The molecule has 1 unspecified atom stereocenters. The van der Waals surface area contributed by atoms with Gasteiger partial charge in [0, 0.05) is 15.0 Å². The van der Waals surface area contributed by atoms with Gasteiger partial charge in [0.15, 0.2) is 0 Å². The van der Waals surface area contributed by atoms with E-state index in [9.17, 15) is 0 Å². The molecule has 0 aromatic heterocycles. The van der Waals surface area contributed by atoms with Crippen LogP contribution in [-0.2, 0) is 0 Å². The van der Waals surface area contributed by atoms with Gasteiger partial charge in [0.05, 0.1) is 0 Å². The monoisotopic (exact) mass is 397 g/mol. The Morgan fingerprint density at radius 1 is 1.05 bits per heavy atom.